The van der Waals surface area contributed by atoms with E-state index in [4.69, 9.17) is 9.47 Å². The van der Waals surface area contributed by atoms with Crippen molar-refractivity contribution in [3.63, 3.8) is 0 Å². The van der Waals surface area contributed by atoms with Gasteiger partial charge in [0.2, 0.25) is 0 Å². The highest BCUT2D eigenvalue weighted by Gasteiger charge is 2.44. The van der Waals surface area contributed by atoms with Gasteiger partial charge in [-0.2, -0.15) is 5.26 Å². The summed E-state index contributed by atoms with van der Waals surface area (Å²) in [5.74, 6) is 0.596. The number of nitrogens with zero attached hydrogens (tertiary/aromatic N) is 1. The molecule has 0 amide bonds. The van der Waals surface area contributed by atoms with Crippen molar-refractivity contribution in [3.05, 3.63) is 81.9 Å². The number of ether oxygens (including phenoxy) is 2. The quantitative estimate of drug-likeness (QED) is 0.256. The molecule has 0 spiro atoms. The Morgan fingerprint density at radius 2 is 1.77 bits per heavy atom. The fourth-order valence-electron chi connectivity index (χ4n) is 5.75. The molecule has 0 saturated heterocycles. The molecule has 0 bridgehead atoms. The van der Waals surface area contributed by atoms with E-state index in [1.54, 1.807) is 0 Å². The molecule has 3 aromatic rings. The van der Waals surface area contributed by atoms with Crippen molar-refractivity contribution in [2.24, 2.45) is 5.92 Å². The summed E-state index contributed by atoms with van der Waals surface area (Å²) >= 11 is 0. The lowest BCUT2D eigenvalue weighted by Gasteiger charge is -2.19. The first-order valence-electron chi connectivity index (χ1n) is 13.2. The summed E-state index contributed by atoms with van der Waals surface area (Å²) in [6, 6.07) is 17.9. The normalized spacial score (nSPS) is 19.4. The SMILES string of the molecule is Cc1cc(OCCC[SH](=O)=O)cc(C)c1-c1c(C#N)ccc2c1CC[C@H]2Oc1ccc([C@H]2C[C@@H]2C(=O)O)cc1. The van der Waals surface area contributed by atoms with Crippen LogP contribution in [0, 0.1) is 31.1 Å². The van der Waals surface area contributed by atoms with Gasteiger partial charge in [-0.15, -0.1) is 0 Å². The van der Waals surface area contributed by atoms with E-state index >= 15 is 0 Å². The number of rotatable bonds is 10. The Bertz CT molecular complexity index is 1500. The third-order valence-electron chi connectivity index (χ3n) is 7.68. The minimum absolute atomic E-state index is 0.0859. The van der Waals surface area contributed by atoms with Crippen LogP contribution in [0.15, 0.2) is 48.5 Å². The van der Waals surface area contributed by atoms with E-state index < -0.39 is 16.7 Å². The van der Waals surface area contributed by atoms with Crippen LogP contribution >= 0.6 is 0 Å². The minimum atomic E-state index is -2.40. The molecule has 39 heavy (non-hydrogen) atoms. The molecule has 5 rings (SSSR count). The number of fused-ring (bicyclic) bond motifs is 1. The summed E-state index contributed by atoms with van der Waals surface area (Å²) in [4.78, 5) is 11.2. The molecule has 1 N–H and O–H groups in total. The third kappa shape index (κ3) is 5.64. The molecule has 7 nitrogen and oxygen atoms in total. The predicted octanol–water partition coefficient (Wildman–Crippen LogP) is 5.48. The van der Waals surface area contributed by atoms with Crippen molar-refractivity contribution >= 4 is 16.7 Å². The fraction of sp³-hybridized carbons (Fsp3) is 0.355. The minimum Gasteiger partial charge on any atom is -0.494 e. The van der Waals surface area contributed by atoms with E-state index in [1.165, 1.54) is 0 Å². The fourth-order valence-corrected chi connectivity index (χ4v) is 6.13. The molecule has 3 atom stereocenters. The molecule has 0 unspecified atom stereocenters. The van der Waals surface area contributed by atoms with Gasteiger partial charge in [0.1, 0.15) is 28.3 Å². The maximum Gasteiger partial charge on any atom is 0.307 e. The molecule has 0 radical (unpaired) electrons. The van der Waals surface area contributed by atoms with E-state index in [-0.39, 0.29) is 23.7 Å². The molecule has 0 heterocycles. The van der Waals surface area contributed by atoms with Gasteiger partial charge in [-0.3, -0.25) is 4.79 Å². The van der Waals surface area contributed by atoms with Crippen LogP contribution in [0.5, 0.6) is 11.5 Å². The van der Waals surface area contributed by atoms with Gasteiger partial charge in [0.05, 0.1) is 29.9 Å². The van der Waals surface area contributed by atoms with Crippen molar-refractivity contribution in [3.8, 4) is 28.7 Å². The Labute approximate surface area is 230 Å². The van der Waals surface area contributed by atoms with Gasteiger partial charge < -0.3 is 14.6 Å². The number of nitriles is 1. The average Bonchev–Trinajstić information content (AvgIpc) is 3.61. The van der Waals surface area contributed by atoms with Crippen molar-refractivity contribution in [1.29, 1.82) is 5.26 Å². The summed E-state index contributed by atoms with van der Waals surface area (Å²) in [7, 11) is -2.40. The number of carbonyl (C=O) groups is 1. The number of aliphatic carboxylic acids is 1. The van der Waals surface area contributed by atoms with Crippen molar-refractivity contribution < 1.29 is 27.8 Å². The maximum atomic E-state index is 11.2. The molecule has 0 aromatic heterocycles. The number of hydrogen-bond acceptors (Lipinski definition) is 6. The first kappa shape index (κ1) is 26.8. The average molecular weight is 546 g/mol. The van der Waals surface area contributed by atoms with E-state index in [0.29, 0.717) is 30.8 Å². The number of carboxylic acid groups (broad SMARTS) is 1. The molecular weight excluding hydrogens is 514 g/mol. The third-order valence-corrected chi connectivity index (χ3v) is 8.36. The zero-order valence-electron chi connectivity index (χ0n) is 22.0. The van der Waals surface area contributed by atoms with Crippen LogP contribution in [0.2, 0.25) is 0 Å². The molecule has 1 saturated carbocycles. The lowest BCUT2D eigenvalue weighted by atomic mass is 9.87. The van der Waals surface area contributed by atoms with Crippen molar-refractivity contribution in [2.75, 3.05) is 12.4 Å². The van der Waals surface area contributed by atoms with Gasteiger partial charge in [0, 0.05) is 5.56 Å². The lowest BCUT2D eigenvalue weighted by Crippen LogP contribution is -2.05. The van der Waals surface area contributed by atoms with E-state index in [2.05, 4.69) is 6.07 Å². The Morgan fingerprint density at radius 3 is 2.38 bits per heavy atom. The van der Waals surface area contributed by atoms with Crippen LogP contribution in [-0.2, 0) is 21.9 Å². The molecule has 202 valence electrons. The van der Waals surface area contributed by atoms with Crippen LogP contribution in [0.3, 0.4) is 0 Å². The van der Waals surface area contributed by atoms with Gasteiger partial charge in [-0.1, -0.05) is 18.2 Å². The highest BCUT2D eigenvalue weighted by Crippen LogP contribution is 2.48. The molecule has 2 aliphatic rings. The molecule has 1 fully saturated rings. The Kier molecular flexibility index (Phi) is 7.62. The van der Waals surface area contributed by atoms with Gasteiger partial charge in [-0.25, -0.2) is 8.42 Å². The second-order valence-corrected chi connectivity index (χ2v) is 11.5. The zero-order chi connectivity index (χ0) is 27.7. The Morgan fingerprint density at radius 1 is 1.05 bits per heavy atom. The van der Waals surface area contributed by atoms with Crippen LogP contribution in [0.1, 0.15) is 64.7 Å². The van der Waals surface area contributed by atoms with Gasteiger partial charge in [0.25, 0.3) is 0 Å². The first-order valence-corrected chi connectivity index (χ1v) is 14.5. The number of aryl methyl sites for hydroxylation is 2. The number of thiol groups is 1. The summed E-state index contributed by atoms with van der Waals surface area (Å²) in [5, 5.41) is 19.2. The highest BCUT2D eigenvalue weighted by atomic mass is 32.2. The summed E-state index contributed by atoms with van der Waals surface area (Å²) in [6.45, 7) is 4.33. The standard InChI is InChI=1S/C31H31NO6S/c1-18-14-23(37-12-3-13-39(35)36)15-19(2)29(18)30-21(17-32)6-9-24-25(30)10-11-28(24)38-22-7-4-20(5-8-22)26-16-27(26)31(33)34/h4-9,14-15,26-28,39H,3,10-13,16H2,1-2H3,(H,33,34)/t26-,27+,28-/m1/s1. The van der Waals surface area contributed by atoms with Gasteiger partial charge in [0.15, 0.2) is 0 Å². The molecule has 8 heteroatoms. The molecule has 2 aliphatic carbocycles. The molecule has 0 aliphatic heterocycles. The number of benzene rings is 3. The van der Waals surface area contributed by atoms with Gasteiger partial charge >= 0.3 is 5.97 Å². The van der Waals surface area contributed by atoms with Crippen molar-refractivity contribution in [2.45, 2.75) is 51.6 Å². The van der Waals surface area contributed by atoms with Crippen LogP contribution in [0.25, 0.3) is 11.1 Å². The zero-order valence-corrected chi connectivity index (χ0v) is 22.9. The number of hydrogen-bond donors (Lipinski definition) is 2. The summed E-state index contributed by atoms with van der Waals surface area (Å²) in [5.41, 5.74) is 7.78. The van der Waals surface area contributed by atoms with Crippen LogP contribution in [-0.4, -0.2) is 31.9 Å². The monoisotopic (exact) mass is 545 g/mol. The largest absolute Gasteiger partial charge is 0.494 e. The predicted molar refractivity (Wildman–Crippen MR) is 148 cm³/mol. The van der Waals surface area contributed by atoms with Crippen molar-refractivity contribution in [1.82, 2.24) is 0 Å². The van der Waals surface area contributed by atoms with Gasteiger partial charge in [-0.05, 0) is 109 Å². The van der Waals surface area contributed by atoms with Crippen LogP contribution < -0.4 is 9.47 Å². The summed E-state index contributed by atoms with van der Waals surface area (Å²) < 4.78 is 33.8. The first-order chi connectivity index (χ1) is 18.8. The van der Waals surface area contributed by atoms with E-state index in [0.717, 1.165) is 57.5 Å². The smallest absolute Gasteiger partial charge is 0.307 e. The second kappa shape index (κ2) is 11.1. The summed E-state index contributed by atoms with van der Waals surface area (Å²) in [6.07, 6.45) is 2.57. The van der Waals surface area contributed by atoms with Crippen LogP contribution in [0.4, 0.5) is 0 Å². The Balaban J connectivity index is 1.38. The maximum absolute atomic E-state index is 11.2. The Hall–Kier alpha value is -3.83. The topological polar surface area (TPSA) is 114 Å². The van der Waals surface area contributed by atoms with E-state index in [1.807, 2.05) is 62.4 Å². The van der Waals surface area contributed by atoms with E-state index in [9.17, 15) is 23.6 Å². The lowest BCUT2D eigenvalue weighted by molar-refractivity contribution is -0.138. The second-order valence-electron chi connectivity index (χ2n) is 10.4. The number of carboxylic acids is 1. The molecular formula is C31H31NO6S. The molecule has 3 aromatic carbocycles. The highest BCUT2D eigenvalue weighted by molar-refractivity contribution is 7.72.